The number of rotatable bonds is 5. The summed E-state index contributed by atoms with van der Waals surface area (Å²) >= 11 is 0. The molecule has 1 N–H and O–H groups in total. The molecule has 2 aromatic carbocycles. The minimum absolute atomic E-state index is 0.0933. The number of nitro groups is 1. The molecule has 4 rings (SSSR count). The molecule has 1 aliphatic rings. The van der Waals surface area contributed by atoms with Gasteiger partial charge in [-0.25, -0.2) is 0 Å². The lowest BCUT2D eigenvalue weighted by molar-refractivity contribution is -0.383. The van der Waals surface area contributed by atoms with Crippen LogP contribution in [0.3, 0.4) is 0 Å². The molecule has 0 unspecified atom stereocenters. The zero-order chi connectivity index (χ0) is 17.9. The van der Waals surface area contributed by atoms with Crippen LogP contribution < -0.4 is 5.32 Å². The summed E-state index contributed by atoms with van der Waals surface area (Å²) in [5.41, 5.74) is 2.34. The number of non-ortho nitro benzene ring substituents is 1. The maximum Gasteiger partial charge on any atom is 0.278 e. The van der Waals surface area contributed by atoms with Gasteiger partial charge in [0.05, 0.1) is 10.3 Å². The standard InChI is InChI=1S/C20H20N4O2/c25-24(26)20-7-6-19(17-8-10-21-12-18(17)20)22-16-9-11-23(14-16)13-15-4-2-1-3-5-15/h1-8,10,12,16,22H,9,11,13-14H2/t16-/m1/s1. The molecule has 1 atom stereocenters. The van der Waals surface area contributed by atoms with Gasteiger partial charge in [0.2, 0.25) is 0 Å². The highest BCUT2D eigenvalue weighted by atomic mass is 16.6. The maximum absolute atomic E-state index is 11.2. The first kappa shape index (κ1) is 16.5. The summed E-state index contributed by atoms with van der Waals surface area (Å²) in [6.07, 6.45) is 4.29. The second-order valence-corrected chi connectivity index (χ2v) is 6.66. The van der Waals surface area contributed by atoms with Crippen molar-refractivity contribution in [1.82, 2.24) is 9.88 Å². The van der Waals surface area contributed by atoms with Crippen LogP contribution in [0.15, 0.2) is 60.9 Å². The minimum Gasteiger partial charge on any atom is -0.380 e. The van der Waals surface area contributed by atoms with Crippen molar-refractivity contribution >= 4 is 22.1 Å². The first-order chi connectivity index (χ1) is 12.7. The Balaban J connectivity index is 1.50. The molecule has 1 aromatic heterocycles. The van der Waals surface area contributed by atoms with Crippen molar-refractivity contribution < 1.29 is 4.92 Å². The summed E-state index contributed by atoms with van der Waals surface area (Å²) in [4.78, 5) is 17.4. The molecule has 1 aliphatic heterocycles. The van der Waals surface area contributed by atoms with Crippen LogP contribution in [0.5, 0.6) is 0 Å². The Hall–Kier alpha value is -2.99. The van der Waals surface area contributed by atoms with Gasteiger partial charge in [0, 0.05) is 55.2 Å². The first-order valence-corrected chi connectivity index (χ1v) is 8.74. The molecule has 6 nitrogen and oxygen atoms in total. The van der Waals surface area contributed by atoms with E-state index in [1.165, 1.54) is 5.56 Å². The van der Waals surface area contributed by atoms with E-state index in [-0.39, 0.29) is 10.6 Å². The summed E-state index contributed by atoms with van der Waals surface area (Å²) in [6.45, 7) is 2.95. The van der Waals surface area contributed by atoms with E-state index in [1.54, 1.807) is 24.5 Å². The molecule has 0 bridgehead atoms. The number of hydrogen-bond acceptors (Lipinski definition) is 5. The number of aromatic nitrogens is 1. The number of nitrogens with zero attached hydrogens (tertiary/aromatic N) is 3. The van der Waals surface area contributed by atoms with Crippen molar-refractivity contribution in [2.45, 2.75) is 19.0 Å². The molecule has 6 heteroatoms. The average molecular weight is 348 g/mol. The number of nitro benzene ring substituents is 1. The SMILES string of the molecule is O=[N+]([O-])c1ccc(N[C@@H]2CCN(Cc3ccccc3)C2)c2ccncc12. The molecule has 26 heavy (non-hydrogen) atoms. The van der Waals surface area contributed by atoms with Crippen molar-refractivity contribution in [2.24, 2.45) is 0 Å². The van der Waals surface area contributed by atoms with E-state index in [1.807, 2.05) is 12.1 Å². The van der Waals surface area contributed by atoms with Crippen LogP contribution in [-0.2, 0) is 6.54 Å². The van der Waals surface area contributed by atoms with Gasteiger partial charge in [-0.3, -0.25) is 20.0 Å². The van der Waals surface area contributed by atoms with Crippen molar-refractivity contribution in [2.75, 3.05) is 18.4 Å². The van der Waals surface area contributed by atoms with Crippen molar-refractivity contribution in [3.05, 3.63) is 76.6 Å². The van der Waals surface area contributed by atoms with Crippen molar-refractivity contribution in [3.8, 4) is 0 Å². The predicted molar refractivity (Wildman–Crippen MR) is 102 cm³/mol. The fourth-order valence-corrected chi connectivity index (χ4v) is 3.62. The average Bonchev–Trinajstić information content (AvgIpc) is 3.09. The number of benzene rings is 2. The lowest BCUT2D eigenvalue weighted by Gasteiger charge is -2.18. The second kappa shape index (κ2) is 7.09. The van der Waals surface area contributed by atoms with Gasteiger partial charge >= 0.3 is 0 Å². The van der Waals surface area contributed by atoms with Gasteiger partial charge in [-0.1, -0.05) is 30.3 Å². The van der Waals surface area contributed by atoms with Gasteiger partial charge in [0.15, 0.2) is 0 Å². The highest BCUT2D eigenvalue weighted by Gasteiger charge is 2.23. The fourth-order valence-electron chi connectivity index (χ4n) is 3.62. The van der Waals surface area contributed by atoms with Gasteiger partial charge in [0.1, 0.15) is 0 Å². The smallest absolute Gasteiger partial charge is 0.278 e. The Kier molecular flexibility index (Phi) is 4.50. The zero-order valence-electron chi connectivity index (χ0n) is 14.3. The van der Waals surface area contributed by atoms with E-state index >= 15 is 0 Å². The molecule has 0 saturated carbocycles. The molecule has 1 saturated heterocycles. The highest BCUT2D eigenvalue weighted by Crippen LogP contribution is 2.31. The van der Waals surface area contributed by atoms with Gasteiger partial charge in [-0.15, -0.1) is 0 Å². The molecule has 132 valence electrons. The normalized spacial score (nSPS) is 17.5. The van der Waals surface area contributed by atoms with Crippen LogP contribution in [0.25, 0.3) is 10.8 Å². The Labute approximate surface area is 151 Å². The monoisotopic (exact) mass is 348 g/mol. The minimum atomic E-state index is -0.356. The van der Waals surface area contributed by atoms with E-state index in [2.05, 4.69) is 39.5 Å². The van der Waals surface area contributed by atoms with E-state index in [0.29, 0.717) is 11.4 Å². The molecule has 2 heterocycles. The van der Waals surface area contributed by atoms with Gasteiger partial charge in [-0.05, 0) is 24.1 Å². The summed E-state index contributed by atoms with van der Waals surface area (Å²) in [5.74, 6) is 0. The highest BCUT2D eigenvalue weighted by molar-refractivity contribution is 5.99. The summed E-state index contributed by atoms with van der Waals surface area (Å²) in [6, 6.07) is 16.0. The molecular weight excluding hydrogens is 328 g/mol. The maximum atomic E-state index is 11.2. The molecular formula is C20H20N4O2. The predicted octanol–water partition coefficient (Wildman–Crippen LogP) is 3.83. The Morgan fingerprint density at radius 1 is 1.15 bits per heavy atom. The lowest BCUT2D eigenvalue weighted by atomic mass is 10.1. The van der Waals surface area contributed by atoms with Crippen LogP contribution >= 0.6 is 0 Å². The molecule has 0 aliphatic carbocycles. The van der Waals surface area contributed by atoms with E-state index in [9.17, 15) is 10.1 Å². The quantitative estimate of drug-likeness (QED) is 0.560. The summed E-state index contributed by atoms with van der Waals surface area (Å²) in [5, 5.41) is 16.2. The molecule has 0 amide bonds. The zero-order valence-corrected chi connectivity index (χ0v) is 14.3. The second-order valence-electron chi connectivity index (χ2n) is 6.66. The molecule has 0 spiro atoms. The molecule has 0 radical (unpaired) electrons. The van der Waals surface area contributed by atoms with E-state index in [0.717, 1.165) is 37.1 Å². The Morgan fingerprint density at radius 2 is 2.00 bits per heavy atom. The Morgan fingerprint density at radius 3 is 2.81 bits per heavy atom. The van der Waals surface area contributed by atoms with Gasteiger partial charge in [-0.2, -0.15) is 0 Å². The Bertz CT molecular complexity index is 930. The third-order valence-corrected chi connectivity index (χ3v) is 4.87. The first-order valence-electron chi connectivity index (χ1n) is 8.74. The number of likely N-dealkylation sites (tertiary alicyclic amines) is 1. The largest absolute Gasteiger partial charge is 0.380 e. The third-order valence-electron chi connectivity index (χ3n) is 4.87. The third kappa shape index (κ3) is 3.36. The van der Waals surface area contributed by atoms with Crippen LogP contribution in [-0.4, -0.2) is 33.9 Å². The summed E-state index contributed by atoms with van der Waals surface area (Å²) < 4.78 is 0. The topological polar surface area (TPSA) is 71.3 Å². The van der Waals surface area contributed by atoms with Gasteiger partial charge < -0.3 is 5.32 Å². The number of pyridine rings is 1. The summed E-state index contributed by atoms with van der Waals surface area (Å²) in [7, 11) is 0. The number of anilines is 1. The molecule has 3 aromatic rings. The number of hydrogen-bond donors (Lipinski definition) is 1. The lowest BCUT2D eigenvalue weighted by Crippen LogP contribution is -2.26. The number of fused-ring (bicyclic) bond motifs is 1. The van der Waals surface area contributed by atoms with Crippen LogP contribution in [0.1, 0.15) is 12.0 Å². The van der Waals surface area contributed by atoms with Crippen LogP contribution in [0.4, 0.5) is 11.4 Å². The van der Waals surface area contributed by atoms with Gasteiger partial charge in [0.25, 0.3) is 5.69 Å². The van der Waals surface area contributed by atoms with Crippen molar-refractivity contribution in [3.63, 3.8) is 0 Å². The van der Waals surface area contributed by atoms with Crippen LogP contribution in [0.2, 0.25) is 0 Å². The van der Waals surface area contributed by atoms with Crippen molar-refractivity contribution in [1.29, 1.82) is 0 Å². The number of nitrogens with one attached hydrogen (secondary N) is 1. The molecule has 1 fully saturated rings. The van der Waals surface area contributed by atoms with Crippen LogP contribution in [0, 0.1) is 10.1 Å². The van der Waals surface area contributed by atoms with E-state index < -0.39 is 0 Å². The fraction of sp³-hybridized carbons (Fsp3) is 0.250. The van der Waals surface area contributed by atoms with E-state index in [4.69, 9.17) is 0 Å².